The van der Waals surface area contributed by atoms with E-state index in [0.29, 0.717) is 39.9 Å². The van der Waals surface area contributed by atoms with Crippen LogP contribution in [0.25, 0.3) is 0 Å². The van der Waals surface area contributed by atoms with Crippen molar-refractivity contribution in [3.05, 3.63) is 58.7 Å². The number of aromatic nitrogens is 3. The van der Waals surface area contributed by atoms with Crippen molar-refractivity contribution in [1.82, 2.24) is 15.2 Å². The van der Waals surface area contributed by atoms with Gasteiger partial charge in [-0.05, 0) is 31.2 Å². The van der Waals surface area contributed by atoms with E-state index in [1.54, 1.807) is 18.2 Å². The second-order valence-electron chi connectivity index (χ2n) is 4.94. The maximum Gasteiger partial charge on any atom is 0.249 e. The molecule has 6 nitrogen and oxygen atoms in total. The molecule has 8 heteroatoms. The standard InChI is InChI=1S/C17H15Cl2N5O/c1-2-25-14-9-4-3-8-13(14)21-17-23-15(10-20-24-17)22-16-11(18)6-5-7-12(16)19/h3-10H,2H2,1H3,(H2,21,22,23,24). The zero-order valence-electron chi connectivity index (χ0n) is 13.3. The Bertz CT molecular complexity index is 855. The van der Waals surface area contributed by atoms with E-state index < -0.39 is 0 Å². The molecular weight excluding hydrogens is 361 g/mol. The van der Waals surface area contributed by atoms with Crippen molar-refractivity contribution in [3.8, 4) is 5.75 Å². The number of nitrogens with one attached hydrogen (secondary N) is 2. The van der Waals surface area contributed by atoms with E-state index in [0.717, 1.165) is 5.69 Å². The lowest BCUT2D eigenvalue weighted by molar-refractivity contribution is 0.342. The second kappa shape index (κ2) is 8.00. The zero-order valence-corrected chi connectivity index (χ0v) is 14.8. The Hall–Kier alpha value is -2.57. The lowest BCUT2D eigenvalue weighted by atomic mass is 10.3. The normalized spacial score (nSPS) is 10.4. The van der Waals surface area contributed by atoms with Gasteiger partial charge in [-0.3, -0.25) is 0 Å². The molecule has 0 saturated heterocycles. The molecule has 25 heavy (non-hydrogen) atoms. The third-order valence-corrected chi connectivity index (χ3v) is 3.84. The quantitative estimate of drug-likeness (QED) is 0.626. The number of ether oxygens (including phenoxy) is 1. The largest absolute Gasteiger partial charge is 0.492 e. The summed E-state index contributed by atoms with van der Waals surface area (Å²) in [6.07, 6.45) is 1.49. The van der Waals surface area contributed by atoms with Gasteiger partial charge in [-0.25, -0.2) is 0 Å². The number of hydrogen-bond acceptors (Lipinski definition) is 6. The maximum atomic E-state index is 6.16. The van der Waals surface area contributed by atoms with Crippen LogP contribution < -0.4 is 15.4 Å². The molecule has 0 unspecified atom stereocenters. The van der Waals surface area contributed by atoms with Crippen LogP contribution in [-0.2, 0) is 0 Å². The molecule has 128 valence electrons. The number of hydrogen-bond donors (Lipinski definition) is 2. The average molecular weight is 376 g/mol. The molecule has 0 aliphatic carbocycles. The molecule has 0 saturated carbocycles. The van der Waals surface area contributed by atoms with Crippen LogP contribution in [0.2, 0.25) is 10.0 Å². The zero-order chi connectivity index (χ0) is 17.6. The van der Waals surface area contributed by atoms with Gasteiger partial charge >= 0.3 is 0 Å². The van der Waals surface area contributed by atoms with Crippen molar-refractivity contribution in [2.75, 3.05) is 17.2 Å². The van der Waals surface area contributed by atoms with E-state index >= 15 is 0 Å². The first-order valence-electron chi connectivity index (χ1n) is 7.57. The van der Waals surface area contributed by atoms with Gasteiger partial charge in [0.2, 0.25) is 5.95 Å². The number of rotatable bonds is 6. The highest BCUT2D eigenvalue weighted by Gasteiger charge is 2.09. The van der Waals surface area contributed by atoms with Crippen LogP contribution in [0, 0.1) is 0 Å². The van der Waals surface area contributed by atoms with E-state index in [4.69, 9.17) is 27.9 Å². The first kappa shape index (κ1) is 17.3. The molecule has 1 heterocycles. The number of nitrogens with zero attached hydrogens (tertiary/aromatic N) is 3. The van der Waals surface area contributed by atoms with Crippen LogP contribution in [0.3, 0.4) is 0 Å². The van der Waals surface area contributed by atoms with Crippen molar-refractivity contribution in [3.63, 3.8) is 0 Å². The van der Waals surface area contributed by atoms with Crippen LogP contribution in [-0.4, -0.2) is 21.8 Å². The SMILES string of the molecule is CCOc1ccccc1Nc1nncc(Nc2c(Cl)cccc2Cl)n1. The second-order valence-corrected chi connectivity index (χ2v) is 5.76. The van der Waals surface area contributed by atoms with Crippen molar-refractivity contribution in [2.45, 2.75) is 6.92 Å². The van der Waals surface area contributed by atoms with Gasteiger partial charge in [0.1, 0.15) is 5.75 Å². The van der Waals surface area contributed by atoms with Gasteiger partial charge in [0, 0.05) is 0 Å². The minimum atomic E-state index is 0.320. The van der Waals surface area contributed by atoms with Crippen LogP contribution in [0.5, 0.6) is 5.75 Å². The minimum absolute atomic E-state index is 0.320. The highest BCUT2D eigenvalue weighted by atomic mass is 35.5. The van der Waals surface area contributed by atoms with Crippen molar-refractivity contribution in [2.24, 2.45) is 0 Å². The molecule has 0 atom stereocenters. The lowest BCUT2D eigenvalue weighted by Crippen LogP contribution is -2.04. The summed E-state index contributed by atoms with van der Waals surface area (Å²) in [6.45, 7) is 2.48. The molecule has 0 bridgehead atoms. The summed E-state index contributed by atoms with van der Waals surface area (Å²) in [5, 5.41) is 15.1. The summed E-state index contributed by atoms with van der Waals surface area (Å²) in [7, 11) is 0. The fourth-order valence-corrected chi connectivity index (χ4v) is 2.63. The summed E-state index contributed by atoms with van der Waals surface area (Å²) < 4.78 is 5.58. The Balaban J connectivity index is 1.83. The fraction of sp³-hybridized carbons (Fsp3) is 0.118. The smallest absolute Gasteiger partial charge is 0.249 e. The molecule has 3 rings (SSSR count). The molecule has 2 N–H and O–H groups in total. The Labute approximate surface area is 155 Å². The van der Waals surface area contributed by atoms with Gasteiger partial charge < -0.3 is 15.4 Å². The van der Waals surface area contributed by atoms with Crippen LogP contribution in [0.1, 0.15) is 6.92 Å². The van der Waals surface area contributed by atoms with Crippen LogP contribution in [0.15, 0.2) is 48.7 Å². The Morgan fingerprint density at radius 2 is 1.76 bits per heavy atom. The third-order valence-electron chi connectivity index (χ3n) is 3.21. The van der Waals surface area contributed by atoms with Crippen molar-refractivity contribution < 1.29 is 4.74 Å². The lowest BCUT2D eigenvalue weighted by Gasteiger charge is -2.12. The summed E-state index contributed by atoms with van der Waals surface area (Å²) in [5.74, 6) is 1.49. The first-order valence-corrected chi connectivity index (χ1v) is 8.32. The molecule has 1 aromatic heterocycles. The van der Waals surface area contributed by atoms with Gasteiger partial charge in [-0.15, -0.1) is 5.10 Å². The molecule has 0 radical (unpaired) electrons. The molecule has 3 aromatic rings. The van der Waals surface area contributed by atoms with Crippen LogP contribution >= 0.6 is 23.2 Å². The highest BCUT2D eigenvalue weighted by Crippen LogP contribution is 2.32. The molecular formula is C17H15Cl2N5O. The van der Waals surface area contributed by atoms with Gasteiger partial charge in [-0.2, -0.15) is 10.1 Å². The Morgan fingerprint density at radius 1 is 1.00 bits per heavy atom. The predicted octanol–water partition coefficient (Wildman–Crippen LogP) is 5.06. The highest BCUT2D eigenvalue weighted by molar-refractivity contribution is 6.39. The molecule has 2 aromatic carbocycles. The summed E-state index contributed by atoms with van der Waals surface area (Å²) in [6, 6.07) is 12.8. The van der Waals surface area contributed by atoms with Gasteiger partial charge in [0.05, 0.1) is 34.2 Å². The van der Waals surface area contributed by atoms with Crippen LogP contribution in [0.4, 0.5) is 23.1 Å². The Morgan fingerprint density at radius 3 is 2.52 bits per heavy atom. The topological polar surface area (TPSA) is 72.0 Å². The van der Waals surface area contributed by atoms with E-state index in [9.17, 15) is 0 Å². The number of benzene rings is 2. The van der Waals surface area contributed by atoms with Crippen molar-refractivity contribution >= 4 is 46.3 Å². The average Bonchev–Trinajstić information content (AvgIpc) is 2.61. The van der Waals surface area contributed by atoms with Gasteiger partial charge in [-0.1, -0.05) is 41.4 Å². The van der Waals surface area contributed by atoms with E-state index in [-0.39, 0.29) is 0 Å². The van der Waals surface area contributed by atoms with Gasteiger partial charge in [0.25, 0.3) is 0 Å². The fourth-order valence-electron chi connectivity index (χ4n) is 2.13. The van der Waals surface area contributed by atoms with Crippen molar-refractivity contribution in [1.29, 1.82) is 0 Å². The maximum absolute atomic E-state index is 6.16. The predicted molar refractivity (Wildman–Crippen MR) is 100 cm³/mol. The molecule has 0 spiro atoms. The van der Waals surface area contributed by atoms with Gasteiger partial charge in [0.15, 0.2) is 5.82 Å². The number of halogens is 2. The molecule has 0 fully saturated rings. The van der Waals surface area contributed by atoms with E-state index in [1.165, 1.54) is 6.20 Å². The Kier molecular flexibility index (Phi) is 5.53. The first-order chi connectivity index (χ1) is 12.2. The minimum Gasteiger partial charge on any atom is -0.492 e. The molecule has 0 aliphatic heterocycles. The summed E-state index contributed by atoms with van der Waals surface area (Å²) >= 11 is 12.3. The van der Waals surface area contributed by atoms with E-state index in [1.807, 2.05) is 31.2 Å². The molecule has 0 aliphatic rings. The number of anilines is 4. The summed E-state index contributed by atoms with van der Waals surface area (Å²) in [4.78, 5) is 4.38. The van der Waals surface area contributed by atoms with E-state index in [2.05, 4.69) is 25.8 Å². The monoisotopic (exact) mass is 375 g/mol. The third kappa shape index (κ3) is 4.29. The summed E-state index contributed by atoms with van der Waals surface area (Å²) in [5.41, 5.74) is 1.31. The number of para-hydroxylation sites is 3. The molecule has 0 amide bonds.